The lowest BCUT2D eigenvalue weighted by Crippen LogP contribution is -2.39. The average Bonchev–Trinajstić information content (AvgIpc) is 3.13. The highest BCUT2D eigenvalue weighted by Crippen LogP contribution is 2.18. The minimum atomic E-state index is -2.90. The Labute approximate surface area is 129 Å². The van der Waals surface area contributed by atoms with Crippen molar-refractivity contribution in [2.24, 2.45) is 5.92 Å². The Morgan fingerprint density at radius 1 is 1.45 bits per heavy atom. The van der Waals surface area contributed by atoms with E-state index >= 15 is 0 Å². The summed E-state index contributed by atoms with van der Waals surface area (Å²) in [6.07, 6.45) is 2.65. The Morgan fingerprint density at radius 3 is 3.00 bits per heavy atom. The third-order valence-electron chi connectivity index (χ3n) is 4.28. The van der Waals surface area contributed by atoms with E-state index in [9.17, 15) is 13.2 Å². The van der Waals surface area contributed by atoms with Crippen molar-refractivity contribution in [1.29, 1.82) is 0 Å². The van der Waals surface area contributed by atoms with Gasteiger partial charge < -0.3 is 14.8 Å². The van der Waals surface area contributed by atoms with Gasteiger partial charge in [0.15, 0.2) is 15.7 Å². The van der Waals surface area contributed by atoms with Gasteiger partial charge in [0.1, 0.15) is 5.82 Å². The SMILES string of the molecule is CN(Cc1nnc2n1CCC2)C(=O)NCC1CCS(=O)(=O)C1. The standard InChI is InChI=1S/C13H21N5O3S/c1-17(8-12-16-15-11-3-2-5-18(11)12)13(19)14-7-10-4-6-22(20,21)9-10/h10H,2-9H2,1H3,(H,14,19). The molecule has 2 aliphatic rings. The first-order valence-electron chi connectivity index (χ1n) is 7.55. The number of fused-ring (bicyclic) bond motifs is 1. The average molecular weight is 327 g/mol. The van der Waals surface area contributed by atoms with Gasteiger partial charge in [-0.25, -0.2) is 13.2 Å². The molecule has 0 saturated carbocycles. The van der Waals surface area contributed by atoms with Crippen molar-refractivity contribution in [3.8, 4) is 0 Å². The molecule has 0 spiro atoms. The molecular formula is C13H21N5O3S. The fourth-order valence-electron chi connectivity index (χ4n) is 3.01. The number of amides is 2. The molecule has 1 N–H and O–H groups in total. The lowest BCUT2D eigenvalue weighted by Gasteiger charge is -2.19. The van der Waals surface area contributed by atoms with Gasteiger partial charge in [-0.2, -0.15) is 0 Å². The van der Waals surface area contributed by atoms with Crippen LogP contribution in [0.15, 0.2) is 0 Å². The highest BCUT2D eigenvalue weighted by Gasteiger charge is 2.28. The predicted octanol–water partition coefficient (Wildman–Crippen LogP) is -0.200. The second-order valence-corrected chi connectivity index (χ2v) is 8.33. The maximum absolute atomic E-state index is 12.1. The van der Waals surface area contributed by atoms with E-state index in [1.54, 1.807) is 11.9 Å². The Bertz CT molecular complexity index is 669. The molecule has 9 heteroatoms. The number of nitrogens with one attached hydrogen (secondary N) is 1. The topological polar surface area (TPSA) is 97.2 Å². The largest absolute Gasteiger partial charge is 0.338 e. The highest BCUT2D eigenvalue weighted by atomic mass is 32.2. The van der Waals surface area contributed by atoms with Crippen molar-refractivity contribution in [3.63, 3.8) is 0 Å². The predicted molar refractivity (Wildman–Crippen MR) is 80.0 cm³/mol. The fraction of sp³-hybridized carbons (Fsp3) is 0.769. The molecular weight excluding hydrogens is 306 g/mol. The van der Waals surface area contributed by atoms with Gasteiger partial charge in [0, 0.05) is 26.6 Å². The zero-order valence-corrected chi connectivity index (χ0v) is 13.5. The van der Waals surface area contributed by atoms with Crippen LogP contribution in [0.1, 0.15) is 24.5 Å². The molecule has 2 amide bonds. The van der Waals surface area contributed by atoms with Gasteiger partial charge >= 0.3 is 6.03 Å². The van der Waals surface area contributed by atoms with E-state index in [1.165, 1.54) is 0 Å². The first kappa shape index (κ1) is 15.3. The summed E-state index contributed by atoms with van der Waals surface area (Å²) in [6, 6.07) is -0.209. The smallest absolute Gasteiger partial charge is 0.317 e. The number of aryl methyl sites for hydroxylation is 1. The van der Waals surface area contributed by atoms with Crippen molar-refractivity contribution < 1.29 is 13.2 Å². The summed E-state index contributed by atoms with van der Waals surface area (Å²) in [5.41, 5.74) is 0. The van der Waals surface area contributed by atoms with Gasteiger partial charge in [0.05, 0.1) is 18.1 Å². The quantitative estimate of drug-likeness (QED) is 0.826. The third kappa shape index (κ3) is 3.23. The maximum atomic E-state index is 12.1. The molecule has 1 aromatic heterocycles. The Balaban J connectivity index is 1.50. The molecule has 8 nitrogen and oxygen atoms in total. The molecule has 0 aromatic carbocycles. The molecule has 0 radical (unpaired) electrons. The summed E-state index contributed by atoms with van der Waals surface area (Å²) < 4.78 is 24.9. The van der Waals surface area contributed by atoms with Crippen LogP contribution in [-0.2, 0) is 29.3 Å². The zero-order chi connectivity index (χ0) is 15.7. The van der Waals surface area contributed by atoms with Crippen LogP contribution in [0.3, 0.4) is 0 Å². The molecule has 1 aromatic rings. The van der Waals surface area contributed by atoms with Gasteiger partial charge in [-0.15, -0.1) is 10.2 Å². The van der Waals surface area contributed by atoms with Crippen LogP contribution >= 0.6 is 0 Å². The number of nitrogens with zero attached hydrogens (tertiary/aromatic N) is 4. The third-order valence-corrected chi connectivity index (χ3v) is 6.12. The molecule has 1 fully saturated rings. The summed E-state index contributed by atoms with van der Waals surface area (Å²) in [5, 5.41) is 11.1. The molecule has 122 valence electrons. The zero-order valence-electron chi connectivity index (χ0n) is 12.7. The number of rotatable bonds is 4. The van der Waals surface area contributed by atoms with Gasteiger partial charge in [0.25, 0.3) is 0 Å². The van der Waals surface area contributed by atoms with Crippen LogP contribution in [0.2, 0.25) is 0 Å². The molecule has 0 bridgehead atoms. The van der Waals surface area contributed by atoms with Crippen molar-refractivity contribution in [1.82, 2.24) is 25.0 Å². The number of sulfone groups is 1. The molecule has 3 heterocycles. The van der Waals surface area contributed by atoms with Gasteiger partial charge in [-0.1, -0.05) is 0 Å². The number of carbonyl (C=O) groups excluding carboxylic acids is 1. The summed E-state index contributed by atoms with van der Waals surface area (Å²) in [6.45, 7) is 1.72. The first-order chi connectivity index (χ1) is 10.4. The lowest BCUT2D eigenvalue weighted by atomic mass is 10.1. The van der Waals surface area contributed by atoms with E-state index in [4.69, 9.17) is 0 Å². The molecule has 22 heavy (non-hydrogen) atoms. The Morgan fingerprint density at radius 2 is 2.27 bits per heavy atom. The van der Waals surface area contributed by atoms with Crippen LogP contribution in [-0.4, -0.2) is 59.2 Å². The monoisotopic (exact) mass is 327 g/mol. The number of hydrogen-bond donors (Lipinski definition) is 1. The van der Waals surface area contributed by atoms with Crippen molar-refractivity contribution in [2.45, 2.75) is 32.4 Å². The van der Waals surface area contributed by atoms with Gasteiger partial charge in [-0.05, 0) is 18.8 Å². The Hall–Kier alpha value is -1.64. The van der Waals surface area contributed by atoms with E-state index in [1.807, 2.05) is 0 Å². The van der Waals surface area contributed by atoms with E-state index < -0.39 is 9.84 Å². The number of carbonyl (C=O) groups is 1. The van der Waals surface area contributed by atoms with Crippen LogP contribution in [0.4, 0.5) is 4.79 Å². The summed E-state index contributed by atoms with van der Waals surface area (Å²) in [5.74, 6) is 2.22. The Kier molecular flexibility index (Phi) is 4.07. The minimum Gasteiger partial charge on any atom is -0.338 e. The van der Waals surface area contributed by atoms with Crippen molar-refractivity contribution in [2.75, 3.05) is 25.1 Å². The van der Waals surface area contributed by atoms with E-state index in [0.717, 1.165) is 31.0 Å². The van der Waals surface area contributed by atoms with Crippen LogP contribution in [0.25, 0.3) is 0 Å². The normalized spacial score (nSPS) is 22.5. The number of hydrogen-bond acceptors (Lipinski definition) is 5. The summed E-state index contributed by atoms with van der Waals surface area (Å²) in [4.78, 5) is 13.7. The van der Waals surface area contributed by atoms with Crippen molar-refractivity contribution >= 4 is 15.9 Å². The van der Waals surface area contributed by atoms with E-state index in [-0.39, 0.29) is 23.5 Å². The van der Waals surface area contributed by atoms with Gasteiger partial charge in [0.2, 0.25) is 0 Å². The molecule has 1 unspecified atom stereocenters. The second kappa shape index (κ2) is 5.86. The highest BCUT2D eigenvalue weighted by molar-refractivity contribution is 7.91. The minimum absolute atomic E-state index is 0.0275. The van der Waals surface area contributed by atoms with Crippen LogP contribution in [0, 0.1) is 5.92 Å². The van der Waals surface area contributed by atoms with E-state index in [2.05, 4.69) is 20.1 Å². The summed E-state index contributed by atoms with van der Waals surface area (Å²) in [7, 11) is -1.19. The molecule has 2 aliphatic heterocycles. The fourth-order valence-corrected chi connectivity index (χ4v) is 4.87. The van der Waals surface area contributed by atoms with Gasteiger partial charge in [-0.3, -0.25) is 0 Å². The van der Waals surface area contributed by atoms with Crippen LogP contribution in [0.5, 0.6) is 0 Å². The second-order valence-electron chi connectivity index (χ2n) is 6.10. The van der Waals surface area contributed by atoms with Crippen LogP contribution < -0.4 is 5.32 Å². The molecule has 3 rings (SSSR count). The molecule has 1 atom stereocenters. The summed E-state index contributed by atoms with van der Waals surface area (Å²) >= 11 is 0. The number of aromatic nitrogens is 3. The molecule has 1 saturated heterocycles. The maximum Gasteiger partial charge on any atom is 0.317 e. The lowest BCUT2D eigenvalue weighted by molar-refractivity contribution is 0.203. The van der Waals surface area contributed by atoms with Crippen molar-refractivity contribution in [3.05, 3.63) is 11.6 Å². The number of urea groups is 1. The first-order valence-corrected chi connectivity index (χ1v) is 9.37. The molecule has 0 aliphatic carbocycles. The van der Waals surface area contributed by atoms with E-state index in [0.29, 0.717) is 19.5 Å².